The SMILES string of the molecule is COc1ccc(-c2cc(-c3ccc(C)cc3)nc3ncnc(N)c23)cc1Br. The molecule has 134 valence electrons. The van der Waals surface area contributed by atoms with Crippen molar-refractivity contribution in [3.05, 3.63) is 64.9 Å². The lowest BCUT2D eigenvalue weighted by molar-refractivity contribution is 0.412. The van der Waals surface area contributed by atoms with Crippen molar-refractivity contribution in [3.63, 3.8) is 0 Å². The number of hydrogen-bond donors (Lipinski definition) is 1. The number of anilines is 1. The van der Waals surface area contributed by atoms with Gasteiger partial charge in [0.25, 0.3) is 0 Å². The van der Waals surface area contributed by atoms with Crippen LogP contribution >= 0.6 is 15.9 Å². The Morgan fingerprint density at radius 3 is 2.41 bits per heavy atom. The van der Waals surface area contributed by atoms with E-state index >= 15 is 0 Å². The van der Waals surface area contributed by atoms with E-state index in [9.17, 15) is 0 Å². The van der Waals surface area contributed by atoms with Gasteiger partial charge in [-0.1, -0.05) is 35.9 Å². The van der Waals surface area contributed by atoms with Crippen LogP contribution in [0.25, 0.3) is 33.4 Å². The number of ether oxygens (including phenoxy) is 1. The number of nitrogens with two attached hydrogens (primary N) is 1. The van der Waals surface area contributed by atoms with Crippen LogP contribution in [0.15, 0.2) is 59.3 Å². The molecule has 4 aromatic rings. The molecule has 0 aliphatic rings. The Morgan fingerprint density at radius 2 is 1.70 bits per heavy atom. The van der Waals surface area contributed by atoms with E-state index in [4.69, 9.17) is 15.5 Å². The first-order valence-corrected chi connectivity index (χ1v) is 9.18. The molecule has 5 nitrogen and oxygen atoms in total. The Bertz CT molecular complexity index is 1140. The van der Waals surface area contributed by atoms with Crippen LogP contribution in [0.3, 0.4) is 0 Å². The minimum absolute atomic E-state index is 0.407. The van der Waals surface area contributed by atoms with Crippen molar-refractivity contribution in [2.75, 3.05) is 12.8 Å². The molecule has 0 aliphatic carbocycles. The number of aryl methyl sites for hydroxylation is 1. The number of rotatable bonds is 3. The highest BCUT2D eigenvalue weighted by Gasteiger charge is 2.14. The molecule has 0 aliphatic heterocycles. The van der Waals surface area contributed by atoms with Crippen LogP contribution in [-0.4, -0.2) is 22.1 Å². The summed E-state index contributed by atoms with van der Waals surface area (Å²) >= 11 is 3.56. The van der Waals surface area contributed by atoms with Crippen molar-refractivity contribution in [1.82, 2.24) is 15.0 Å². The Hall–Kier alpha value is -2.99. The fourth-order valence-electron chi connectivity index (χ4n) is 3.02. The van der Waals surface area contributed by atoms with Gasteiger partial charge in [0.15, 0.2) is 5.65 Å². The van der Waals surface area contributed by atoms with Crippen LogP contribution in [0.2, 0.25) is 0 Å². The molecule has 2 aromatic heterocycles. The van der Waals surface area contributed by atoms with Crippen molar-refractivity contribution >= 4 is 32.8 Å². The molecule has 0 saturated heterocycles. The smallest absolute Gasteiger partial charge is 0.165 e. The van der Waals surface area contributed by atoms with E-state index < -0.39 is 0 Å². The standard InChI is InChI=1S/C21H17BrN4O/c1-12-3-5-13(6-4-12)17-10-15(14-7-8-18(27-2)16(22)9-14)19-20(23)24-11-25-21(19)26-17/h3-11H,1-2H3,(H2,23,24,25,26). The second-order valence-electron chi connectivity index (χ2n) is 6.23. The average molecular weight is 421 g/mol. The molecule has 2 aromatic carbocycles. The minimum Gasteiger partial charge on any atom is -0.496 e. The first-order chi connectivity index (χ1) is 13.1. The average Bonchev–Trinajstić information content (AvgIpc) is 2.68. The van der Waals surface area contributed by atoms with Crippen LogP contribution in [0, 0.1) is 6.92 Å². The minimum atomic E-state index is 0.407. The second-order valence-corrected chi connectivity index (χ2v) is 7.08. The fourth-order valence-corrected chi connectivity index (χ4v) is 3.56. The third kappa shape index (κ3) is 3.24. The monoisotopic (exact) mass is 420 g/mol. The number of fused-ring (bicyclic) bond motifs is 1. The van der Waals surface area contributed by atoms with Gasteiger partial charge in [-0.2, -0.15) is 0 Å². The van der Waals surface area contributed by atoms with E-state index in [0.717, 1.165) is 38.0 Å². The van der Waals surface area contributed by atoms with Crippen LogP contribution in [0.4, 0.5) is 5.82 Å². The molecule has 0 bridgehead atoms. The highest BCUT2D eigenvalue weighted by Crippen LogP contribution is 2.37. The highest BCUT2D eigenvalue weighted by molar-refractivity contribution is 9.10. The molecule has 0 amide bonds. The summed E-state index contributed by atoms with van der Waals surface area (Å²) in [5, 5.41) is 0.741. The molecular formula is C21H17BrN4O. The van der Waals surface area contributed by atoms with Gasteiger partial charge in [-0.15, -0.1) is 0 Å². The predicted molar refractivity (Wildman–Crippen MR) is 112 cm³/mol. The van der Waals surface area contributed by atoms with Crippen LogP contribution in [0.5, 0.6) is 5.75 Å². The zero-order valence-corrected chi connectivity index (χ0v) is 16.5. The van der Waals surface area contributed by atoms with Gasteiger partial charge in [0, 0.05) is 5.56 Å². The largest absolute Gasteiger partial charge is 0.496 e. The van der Waals surface area contributed by atoms with Gasteiger partial charge in [0.2, 0.25) is 0 Å². The van der Waals surface area contributed by atoms with E-state index in [2.05, 4.69) is 57.1 Å². The van der Waals surface area contributed by atoms with E-state index in [1.807, 2.05) is 24.3 Å². The normalized spacial score (nSPS) is 10.9. The van der Waals surface area contributed by atoms with Crippen molar-refractivity contribution in [3.8, 4) is 28.1 Å². The first-order valence-electron chi connectivity index (χ1n) is 8.39. The molecule has 0 unspecified atom stereocenters. The molecule has 0 atom stereocenters. The zero-order valence-electron chi connectivity index (χ0n) is 14.9. The van der Waals surface area contributed by atoms with Gasteiger partial charge < -0.3 is 10.5 Å². The molecule has 2 heterocycles. The Labute approximate surface area is 165 Å². The van der Waals surface area contributed by atoms with Crippen molar-refractivity contribution in [2.45, 2.75) is 6.92 Å². The molecule has 6 heteroatoms. The van der Waals surface area contributed by atoms with E-state index in [-0.39, 0.29) is 0 Å². The summed E-state index contributed by atoms with van der Waals surface area (Å²) in [7, 11) is 1.64. The van der Waals surface area contributed by atoms with Crippen molar-refractivity contribution in [1.29, 1.82) is 0 Å². The lowest BCUT2D eigenvalue weighted by Gasteiger charge is -2.12. The molecule has 0 fully saturated rings. The van der Waals surface area contributed by atoms with Gasteiger partial charge in [-0.05, 0) is 52.2 Å². The fraction of sp³-hybridized carbons (Fsp3) is 0.0952. The van der Waals surface area contributed by atoms with Crippen LogP contribution in [0.1, 0.15) is 5.56 Å². The topological polar surface area (TPSA) is 73.9 Å². The maximum Gasteiger partial charge on any atom is 0.165 e. The van der Waals surface area contributed by atoms with Crippen LogP contribution < -0.4 is 10.5 Å². The summed E-state index contributed by atoms with van der Waals surface area (Å²) in [5.74, 6) is 1.17. The predicted octanol–water partition coefficient (Wildman–Crippen LogP) is 5.02. The summed E-state index contributed by atoms with van der Waals surface area (Å²) in [6, 6.07) is 16.2. The Balaban J connectivity index is 2.00. The van der Waals surface area contributed by atoms with E-state index in [0.29, 0.717) is 11.5 Å². The second kappa shape index (κ2) is 6.96. The number of benzene rings is 2. The Morgan fingerprint density at radius 1 is 0.963 bits per heavy atom. The number of pyridine rings is 1. The number of nitrogens with zero attached hydrogens (tertiary/aromatic N) is 3. The summed E-state index contributed by atoms with van der Waals surface area (Å²) in [5.41, 5.74) is 11.7. The molecule has 0 saturated carbocycles. The molecule has 27 heavy (non-hydrogen) atoms. The number of halogens is 1. The van der Waals surface area contributed by atoms with Gasteiger partial charge >= 0.3 is 0 Å². The van der Waals surface area contributed by atoms with Gasteiger partial charge in [-0.25, -0.2) is 15.0 Å². The zero-order chi connectivity index (χ0) is 19.0. The number of aromatic nitrogens is 3. The maximum absolute atomic E-state index is 6.17. The number of hydrogen-bond acceptors (Lipinski definition) is 5. The lowest BCUT2D eigenvalue weighted by Crippen LogP contribution is -1.99. The molecule has 2 N–H and O–H groups in total. The third-order valence-corrected chi connectivity index (χ3v) is 5.06. The third-order valence-electron chi connectivity index (χ3n) is 4.44. The van der Waals surface area contributed by atoms with Crippen LogP contribution in [-0.2, 0) is 0 Å². The molecule has 0 radical (unpaired) electrons. The molecular weight excluding hydrogens is 404 g/mol. The van der Waals surface area contributed by atoms with Gasteiger partial charge in [0.1, 0.15) is 17.9 Å². The molecule has 0 spiro atoms. The van der Waals surface area contributed by atoms with Gasteiger partial charge in [-0.3, -0.25) is 0 Å². The van der Waals surface area contributed by atoms with Gasteiger partial charge in [0.05, 0.1) is 22.7 Å². The molecule has 4 rings (SSSR count). The lowest BCUT2D eigenvalue weighted by atomic mass is 9.99. The Kier molecular flexibility index (Phi) is 4.49. The summed E-state index contributed by atoms with van der Waals surface area (Å²) in [4.78, 5) is 13.2. The van der Waals surface area contributed by atoms with E-state index in [1.54, 1.807) is 7.11 Å². The quantitative estimate of drug-likeness (QED) is 0.503. The first kappa shape index (κ1) is 17.4. The van der Waals surface area contributed by atoms with E-state index in [1.165, 1.54) is 11.9 Å². The summed E-state index contributed by atoms with van der Waals surface area (Å²) in [6.07, 6.45) is 1.44. The number of nitrogen functional groups attached to an aromatic ring is 1. The summed E-state index contributed by atoms with van der Waals surface area (Å²) < 4.78 is 6.20. The number of methoxy groups -OCH3 is 1. The van der Waals surface area contributed by atoms with Crippen molar-refractivity contribution < 1.29 is 4.74 Å². The van der Waals surface area contributed by atoms with Crippen molar-refractivity contribution in [2.24, 2.45) is 0 Å². The highest BCUT2D eigenvalue weighted by atomic mass is 79.9. The summed E-state index contributed by atoms with van der Waals surface area (Å²) in [6.45, 7) is 2.06. The maximum atomic E-state index is 6.17.